The van der Waals surface area contributed by atoms with Gasteiger partial charge in [0, 0.05) is 4.47 Å². The number of ether oxygens (including phenoxy) is 3. The Hall–Kier alpha value is -2.98. The highest BCUT2D eigenvalue weighted by molar-refractivity contribution is 9.10. The minimum Gasteiger partial charge on any atom is -0.490 e. The first-order chi connectivity index (χ1) is 15.9. The van der Waals surface area contributed by atoms with Crippen molar-refractivity contribution < 1.29 is 33.0 Å². The average Bonchev–Trinajstić information content (AvgIpc) is 3.34. The summed E-state index contributed by atoms with van der Waals surface area (Å²) in [6.07, 6.45) is 1.49. The molecule has 0 aliphatic carbocycles. The summed E-state index contributed by atoms with van der Waals surface area (Å²) in [5, 5.41) is 2.81. The van der Waals surface area contributed by atoms with Gasteiger partial charge >= 0.3 is 12.0 Å². The summed E-state index contributed by atoms with van der Waals surface area (Å²) in [5.41, 5.74) is 0.0179. The molecule has 1 saturated heterocycles. The highest BCUT2D eigenvalue weighted by Gasteiger charge is 2.35. The van der Waals surface area contributed by atoms with E-state index in [-0.39, 0.29) is 28.8 Å². The minimum atomic E-state index is -0.658. The van der Waals surface area contributed by atoms with Crippen LogP contribution in [-0.4, -0.2) is 42.1 Å². The van der Waals surface area contributed by atoms with Gasteiger partial charge in [-0.1, -0.05) is 11.6 Å². The largest absolute Gasteiger partial charge is 0.490 e. The summed E-state index contributed by atoms with van der Waals surface area (Å²) in [6, 6.07) is 3.94. The molecule has 9 nitrogen and oxygen atoms in total. The van der Waals surface area contributed by atoms with E-state index in [1.165, 1.54) is 25.3 Å². The van der Waals surface area contributed by atoms with Gasteiger partial charge < -0.3 is 23.9 Å². The number of nitrogens with one attached hydrogen (secondary N) is 1. The predicted octanol–water partition coefficient (Wildman–Crippen LogP) is 5.15. The molecule has 0 bridgehead atoms. The number of hydrogen-bond donors (Lipinski definition) is 1. The lowest BCUT2D eigenvalue weighted by Gasteiger charge is -2.25. The third kappa shape index (κ3) is 5.56. The van der Waals surface area contributed by atoms with Crippen molar-refractivity contribution in [2.45, 2.75) is 39.8 Å². The third-order valence-electron chi connectivity index (χ3n) is 4.49. The highest BCUT2D eigenvalue weighted by atomic mass is 79.9. The summed E-state index contributed by atoms with van der Waals surface area (Å²) in [6.45, 7) is 7.69. The second-order valence-electron chi connectivity index (χ2n) is 8.21. The van der Waals surface area contributed by atoms with E-state index < -0.39 is 23.5 Å². The normalized spacial score (nSPS) is 15.0. The monoisotopic (exact) mass is 554 g/mol. The maximum atomic E-state index is 12.9. The van der Waals surface area contributed by atoms with Gasteiger partial charge in [0.1, 0.15) is 22.1 Å². The molecule has 1 aliphatic rings. The van der Waals surface area contributed by atoms with E-state index in [4.69, 9.17) is 25.5 Å². The van der Waals surface area contributed by atoms with Crippen molar-refractivity contribution in [3.63, 3.8) is 0 Å². The zero-order chi connectivity index (χ0) is 25.2. The zero-order valence-corrected chi connectivity index (χ0v) is 21.6. The topological polar surface area (TPSA) is 107 Å². The van der Waals surface area contributed by atoms with Crippen LogP contribution in [0.15, 0.2) is 32.8 Å². The number of imide groups is 1. The van der Waals surface area contributed by atoms with Crippen LogP contribution >= 0.6 is 27.5 Å². The molecule has 3 amide bonds. The quantitative estimate of drug-likeness (QED) is 0.286. The summed E-state index contributed by atoms with van der Waals surface area (Å²) < 4.78 is 22.1. The number of halogens is 2. The number of methoxy groups -OCH3 is 1. The van der Waals surface area contributed by atoms with Gasteiger partial charge in [-0.2, -0.15) is 0 Å². The molecule has 0 atom stereocenters. The molecule has 2 aromatic rings. The molecule has 0 saturated carbocycles. The van der Waals surface area contributed by atoms with Crippen LogP contribution in [0.25, 0.3) is 6.08 Å². The fourth-order valence-corrected chi connectivity index (χ4v) is 3.72. The van der Waals surface area contributed by atoms with E-state index in [2.05, 4.69) is 26.0 Å². The number of carbonyl (C=O) groups is 3. The summed E-state index contributed by atoms with van der Waals surface area (Å²) in [5.74, 6) is -0.243. The van der Waals surface area contributed by atoms with E-state index in [9.17, 15) is 14.4 Å². The smallest absolute Gasteiger partial charge is 0.373 e. The first kappa shape index (κ1) is 25.6. The van der Waals surface area contributed by atoms with Crippen LogP contribution in [0.5, 0.6) is 11.5 Å². The fourth-order valence-electron chi connectivity index (χ4n) is 3.07. The molecule has 11 heteroatoms. The van der Waals surface area contributed by atoms with Crippen molar-refractivity contribution in [1.29, 1.82) is 0 Å². The van der Waals surface area contributed by atoms with Gasteiger partial charge in [-0.05, 0) is 73.5 Å². The van der Waals surface area contributed by atoms with Crippen molar-refractivity contribution in [1.82, 2.24) is 10.2 Å². The Kier molecular flexibility index (Phi) is 7.62. The number of hydrogen-bond acceptors (Lipinski definition) is 7. The van der Waals surface area contributed by atoms with Crippen LogP contribution < -0.4 is 14.8 Å². The van der Waals surface area contributed by atoms with Crippen LogP contribution in [0.3, 0.4) is 0 Å². The maximum absolute atomic E-state index is 12.9. The molecule has 0 radical (unpaired) electrons. The molecular weight excluding hydrogens is 532 g/mol. The Labute approximate surface area is 210 Å². The Balaban J connectivity index is 1.90. The predicted molar refractivity (Wildman–Crippen MR) is 128 cm³/mol. The van der Waals surface area contributed by atoms with Crippen molar-refractivity contribution >= 4 is 51.5 Å². The Morgan fingerprint density at radius 3 is 2.62 bits per heavy atom. The molecule has 0 spiro atoms. The zero-order valence-electron chi connectivity index (χ0n) is 19.3. The van der Waals surface area contributed by atoms with Gasteiger partial charge in [-0.3, -0.25) is 9.69 Å². The Morgan fingerprint density at radius 1 is 1.29 bits per heavy atom. The highest BCUT2D eigenvalue weighted by Crippen LogP contribution is 2.44. The fraction of sp³-hybridized carbons (Fsp3) is 0.348. The van der Waals surface area contributed by atoms with Gasteiger partial charge in [-0.15, -0.1) is 0 Å². The lowest BCUT2D eigenvalue weighted by molar-refractivity contribution is -0.123. The number of amides is 3. The maximum Gasteiger partial charge on any atom is 0.373 e. The van der Waals surface area contributed by atoms with Gasteiger partial charge in [0.05, 0.1) is 20.3 Å². The number of nitrogens with zero attached hydrogens (tertiary/aromatic N) is 1. The van der Waals surface area contributed by atoms with Crippen molar-refractivity contribution in [3.8, 4) is 11.5 Å². The lowest BCUT2D eigenvalue weighted by atomic mass is 10.1. The number of benzene rings is 1. The molecule has 2 heterocycles. The van der Waals surface area contributed by atoms with E-state index in [1.54, 1.807) is 6.07 Å². The van der Waals surface area contributed by atoms with Crippen LogP contribution in [0.1, 0.15) is 49.6 Å². The van der Waals surface area contributed by atoms with Crippen molar-refractivity contribution in [2.24, 2.45) is 0 Å². The number of urea groups is 1. The number of furan rings is 1. The van der Waals surface area contributed by atoms with Gasteiger partial charge in [0.2, 0.25) is 5.76 Å². The molecule has 1 aliphatic heterocycles. The van der Waals surface area contributed by atoms with Gasteiger partial charge in [0.15, 0.2) is 11.5 Å². The number of carbonyl (C=O) groups excluding carboxylic acids is 3. The third-order valence-corrected chi connectivity index (χ3v) is 5.93. The van der Waals surface area contributed by atoms with E-state index >= 15 is 0 Å². The van der Waals surface area contributed by atoms with Crippen LogP contribution in [0, 0.1) is 0 Å². The molecule has 34 heavy (non-hydrogen) atoms. The standard InChI is InChI=1S/C23H24BrClN2O7/c1-6-32-16-10-12(17(24)18(25)19(16)34-23(2,3)4)9-14-20(28)27(22(30)26-14)11-13-7-8-15(33-13)21(29)31-5/h7-10H,6,11H2,1-5H3,(H,26,30)/b14-9-. The Morgan fingerprint density at radius 2 is 2.00 bits per heavy atom. The molecule has 0 unspecified atom stereocenters. The van der Waals surface area contributed by atoms with Gasteiger partial charge in [-0.25, -0.2) is 9.59 Å². The van der Waals surface area contributed by atoms with Gasteiger partial charge in [0.25, 0.3) is 5.91 Å². The minimum absolute atomic E-state index is 0.0279. The van der Waals surface area contributed by atoms with E-state index in [0.717, 1.165) is 4.90 Å². The SMILES string of the molecule is CCOc1cc(/C=C2\NC(=O)N(Cc3ccc(C(=O)OC)o3)C2=O)c(Br)c(Cl)c1OC(C)(C)C. The average molecular weight is 556 g/mol. The van der Waals surface area contributed by atoms with Crippen molar-refractivity contribution in [2.75, 3.05) is 13.7 Å². The van der Waals surface area contributed by atoms with Crippen LogP contribution in [0.2, 0.25) is 5.02 Å². The number of rotatable bonds is 7. The molecule has 1 fully saturated rings. The number of esters is 1. The van der Waals surface area contributed by atoms with E-state index in [0.29, 0.717) is 28.1 Å². The lowest BCUT2D eigenvalue weighted by Crippen LogP contribution is -2.30. The molecule has 1 aromatic carbocycles. The van der Waals surface area contributed by atoms with Crippen LogP contribution in [-0.2, 0) is 16.1 Å². The first-order valence-corrected chi connectivity index (χ1v) is 11.5. The first-order valence-electron chi connectivity index (χ1n) is 10.3. The summed E-state index contributed by atoms with van der Waals surface area (Å²) in [4.78, 5) is 37.9. The van der Waals surface area contributed by atoms with E-state index in [1.807, 2.05) is 27.7 Å². The summed E-state index contributed by atoms with van der Waals surface area (Å²) in [7, 11) is 1.22. The van der Waals surface area contributed by atoms with Crippen molar-refractivity contribution in [3.05, 3.63) is 50.5 Å². The molecule has 182 valence electrons. The molecular formula is C23H24BrClN2O7. The second kappa shape index (κ2) is 10.1. The molecule has 1 N–H and O–H groups in total. The summed E-state index contributed by atoms with van der Waals surface area (Å²) >= 11 is 10.0. The second-order valence-corrected chi connectivity index (χ2v) is 9.38. The molecule has 1 aromatic heterocycles. The Bertz CT molecular complexity index is 1170. The van der Waals surface area contributed by atoms with Crippen LogP contribution in [0.4, 0.5) is 4.79 Å². The molecule has 3 rings (SSSR count).